The first-order chi connectivity index (χ1) is 9.08. The van der Waals surface area contributed by atoms with Crippen LogP contribution in [0.15, 0.2) is 24.3 Å². The Bertz CT molecular complexity index is 639. The van der Waals surface area contributed by atoms with Gasteiger partial charge in [-0.1, -0.05) is 23.7 Å². The summed E-state index contributed by atoms with van der Waals surface area (Å²) in [7, 11) is 0. The lowest BCUT2D eigenvalue weighted by Gasteiger charge is -2.13. The van der Waals surface area contributed by atoms with Crippen LogP contribution in [0.1, 0.15) is 22.3 Å². The summed E-state index contributed by atoms with van der Waals surface area (Å²) >= 11 is 6.31. The summed E-state index contributed by atoms with van der Waals surface area (Å²) in [5.41, 5.74) is 6.20. The third-order valence-electron chi connectivity index (χ3n) is 3.64. The number of aryl methyl sites for hydroxylation is 2. The Hall–Kier alpha value is -1.51. The number of aromatic hydroxyl groups is 1. The number of hydrogen-bond donors (Lipinski definition) is 1. The van der Waals surface area contributed by atoms with Crippen molar-refractivity contribution in [1.29, 1.82) is 0 Å². The number of ether oxygens (including phenoxy) is 1. The van der Waals surface area contributed by atoms with Crippen molar-refractivity contribution in [2.45, 2.75) is 27.1 Å². The lowest BCUT2D eigenvalue weighted by Crippen LogP contribution is -1.93. The molecule has 2 nitrogen and oxygen atoms in total. The molecule has 3 heteroatoms. The van der Waals surface area contributed by atoms with Crippen LogP contribution in [0.4, 0.5) is 0 Å². The van der Waals surface area contributed by atoms with Gasteiger partial charge in [0.15, 0.2) is 0 Å². The molecule has 0 atom stereocenters. The van der Waals surface area contributed by atoms with Gasteiger partial charge in [-0.25, -0.2) is 0 Å². The van der Waals surface area contributed by atoms with Crippen LogP contribution >= 0.6 is 11.6 Å². The first-order valence-electron chi connectivity index (χ1n) is 6.26. The number of phenolic OH excluding ortho intramolecular Hbond substituents is 1. The maximum Gasteiger partial charge on any atom is 0.125 e. The molecule has 2 aromatic carbocycles. The normalized spacial score (nSPS) is 13.6. The Balaban J connectivity index is 2.27. The summed E-state index contributed by atoms with van der Waals surface area (Å²) in [6.45, 7) is 5.21. The van der Waals surface area contributed by atoms with Crippen LogP contribution in [0.3, 0.4) is 0 Å². The second-order valence-corrected chi connectivity index (χ2v) is 5.43. The van der Waals surface area contributed by atoms with Crippen molar-refractivity contribution in [2.24, 2.45) is 0 Å². The Labute approximate surface area is 117 Å². The van der Waals surface area contributed by atoms with Crippen LogP contribution in [0, 0.1) is 13.8 Å². The molecule has 0 amide bonds. The minimum atomic E-state index is 0.225. The number of rotatable bonds is 1. The second-order valence-electron chi connectivity index (χ2n) is 5.02. The molecule has 1 aliphatic rings. The molecule has 19 heavy (non-hydrogen) atoms. The summed E-state index contributed by atoms with van der Waals surface area (Å²) in [5, 5.41) is 10.8. The molecule has 3 rings (SSSR count). The Morgan fingerprint density at radius 1 is 1.11 bits per heavy atom. The highest BCUT2D eigenvalue weighted by molar-refractivity contribution is 6.33. The van der Waals surface area contributed by atoms with Gasteiger partial charge < -0.3 is 9.84 Å². The van der Waals surface area contributed by atoms with Gasteiger partial charge in [0.05, 0.1) is 18.2 Å². The molecule has 0 saturated carbocycles. The van der Waals surface area contributed by atoms with Crippen molar-refractivity contribution in [3.63, 3.8) is 0 Å². The molecule has 1 aliphatic heterocycles. The van der Waals surface area contributed by atoms with Gasteiger partial charge in [0.25, 0.3) is 0 Å². The maximum absolute atomic E-state index is 10.2. The van der Waals surface area contributed by atoms with Crippen molar-refractivity contribution in [3.8, 4) is 16.9 Å². The summed E-state index contributed by atoms with van der Waals surface area (Å²) in [5.74, 6) is 0.225. The van der Waals surface area contributed by atoms with Gasteiger partial charge in [0.2, 0.25) is 0 Å². The van der Waals surface area contributed by atoms with E-state index in [0.717, 1.165) is 16.7 Å². The van der Waals surface area contributed by atoms with Crippen LogP contribution in [0.25, 0.3) is 11.1 Å². The van der Waals surface area contributed by atoms with E-state index in [4.69, 9.17) is 16.3 Å². The smallest absolute Gasteiger partial charge is 0.125 e. The number of fused-ring (bicyclic) bond motifs is 1. The standard InChI is InChI=1S/C16H15ClO2/c1-9-5-14(17)16(15(18)6-9)11-4-3-10(2)12-7-19-8-13(11)12/h3-6,18H,7-8H2,1-2H3. The van der Waals surface area contributed by atoms with E-state index in [1.54, 1.807) is 6.07 Å². The number of phenols is 1. The molecule has 98 valence electrons. The molecule has 0 saturated heterocycles. The Kier molecular flexibility index (Phi) is 3.00. The third-order valence-corrected chi connectivity index (χ3v) is 3.94. The molecule has 0 spiro atoms. The summed E-state index contributed by atoms with van der Waals surface area (Å²) < 4.78 is 5.54. The van der Waals surface area contributed by atoms with E-state index in [2.05, 4.69) is 13.0 Å². The van der Waals surface area contributed by atoms with Gasteiger partial charge in [-0.15, -0.1) is 0 Å². The predicted octanol–water partition coefficient (Wildman–Crippen LogP) is 4.36. The zero-order valence-electron chi connectivity index (χ0n) is 11.0. The van der Waals surface area contributed by atoms with Crippen LogP contribution in [-0.2, 0) is 18.0 Å². The van der Waals surface area contributed by atoms with E-state index in [-0.39, 0.29) is 5.75 Å². The quantitative estimate of drug-likeness (QED) is 0.837. The zero-order valence-corrected chi connectivity index (χ0v) is 11.7. The van der Waals surface area contributed by atoms with Gasteiger partial charge >= 0.3 is 0 Å². The maximum atomic E-state index is 10.2. The summed E-state index contributed by atoms with van der Waals surface area (Å²) in [6, 6.07) is 7.68. The first-order valence-corrected chi connectivity index (χ1v) is 6.64. The fourth-order valence-electron chi connectivity index (χ4n) is 2.66. The van der Waals surface area contributed by atoms with Gasteiger partial charge in [-0.05, 0) is 53.8 Å². The van der Waals surface area contributed by atoms with Crippen molar-refractivity contribution in [3.05, 3.63) is 51.5 Å². The topological polar surface area (TPSA) is 29.5 Å². The van der Waals surface area contributed by atoms with Crippen molar-refractivity contribution < 1.29 is 9.84 Å². The lowest BCUT2D eigenvalue weighted by molar-refractivity contribution is 0.134. The van der Waals surface area contributed by atoms with E-state index in [1.165, 1.54) is 11.1 Å². The third kappa shape index (κ3) is 2.01. The molecule has 0 fully saturated rings. The van der Waals surface area contributed by atoms with Gasteiger partial charge in [0, 0.05) is 5.56 Å². The van der Waals surface area contributed by atoms with Crippen LogP contribution < -0.4 is 0 Å². The van der Waals surface area contributed by atoms with Crippen LogP contribution in [-0.4, -0.2) is 5.11 Å². The molecule has 1 N–H and O–H groups in total. The fraction of sp³-hybridized carbons (Fsp3) is 0.250. The van der Waals surface area contributed by atoms with E-state index < -0.39 is 0 Å². The molecule has 0 radical (unpaired) electrons. The minimum Gasteiger partial charge on any atom is -0.507 e. The van der Waals surface area contributed by atoms with Crippen LogP contribution in [0.5, 0.6) is 5.75 Å². The monoisotopic (exact) mass is 274 g/mol. The summed E-state index contributed by atoms with van der Waals surface area (Å²) in [4.78, 5) is 0. The molecule has 0 bridgehead atoms. The highest BCUT2D eigenvalue weighted by Gasteiger charge is 2.21. The summed E-state index contributed by atoms with van der Waals surface area (Å²) in [6.07, 6.45) is 0. The van der Waals surface area contributed by atoms with Gasteiger partial charge in [-0.2, -0.15) is 0 Å². The van der Waals surface area contributed by atoms with E-state index in [0.29, 0.717) is 23.8 Å². The molecular weight excluding hydrogens is 260 g/mol. The first kappa shape index (κ1) is 12.5. The number of benzene rings is 2. The predicted molar refractivity (Wildman–Crippen MR) is 76.5 cm³/mol. The van der Waals surface area contributed by atoms with Crippen LogP contribution in [0.2, 0.25) is 5.02 Å². The molecule has 0 unspecified atom stereocenters. The number of hydrogen-bond acceptors (Lipinski definition) is 2. The zero-order chi connectivity index (χ0) is 13.6. The lowest BCUT2D eigenvalue weighted by atomic mass is 9.93. The van der Waals surface area contributed by atoms with Gasteiger partial charge in [0.1, 0.15) is 5.75 Å². The second kappa shape index (κ2) is 4.55. The fourth-order valence-corrected chi connectivity index (χ4v) is 3.03. The Morgan fingerprint density at radius 3 is 2.58 bits per heavy atom. The van der Waals surface area contributed by atoms with E-state index >= 15 is 0 Å². The van der Waals surface area contributed by atoms with Crippen molar-refractivity contribution in [2.75, 3.05) is 0 Å². The SMILES string of the molecule is Cc1cc(O)c(-c2ccc(C)c3c2COC3)c(Cl)c1. The molecule has 2 aromatic rings. The minimum absolute atomic E-state index is 0.225. The average Bonchev–Trinajstić information content (AvgIpc) is 2.80. The average molecular weight is 275 g/mol. The molecule has 0 aliphatic carbocycles. The molecular formula is C16H15ClO2. The Morgan fingerprint density at radius 2 is 1.84 bits per heavy atom. The van der Waals surface area contributed by atoms with E-state index in [1.807, 2.05) is 19.1 Å². The molecule has 1 heterocycles. The van der Waals surface area contributed by atoms with Gasteiger partial charge in [-0.3, -0.25) is 0 Å². The highest BCUT2D eigenvalue weighted by Crippen LogP contribution is 2.41. The molecule has 0 aromatic heterocycles. The van der Waals surface area contributed by atoms with E-state index in [9.17, 15) is 5.11 Å². The van der Waals surface area contributed by atoms with Crippen molar-refractivity contribution >= 4 is 11.6 Å². The number of halogens is 1. The largest absolute Gasteiger partial charge is 0.507 e. The van der Waals surface area contributed by atoms with Crippen molar-refractivity contribution in [1.82, 2.24) is 0 Å². The highest BCUT2D eigenvalue weighted by atomic mass is 35.5.